The van der Waals surface area contributed by atoms with E-state index in [1.807, 2.05) is 10.4 Å². The molecule has 11 heteroatoms. The molecule has 2 heterocycles. The molecule has 1 aromatic rings. The summed E-state index contributed by atoms with van der Waals surface area (Å²) >= 11 is 5.44. The van der Waals surface area contributed by atoms with Crippen molar-refractivity contribution in [2.45, 2.75) is 51.8 Å². The number of halogens is 2. The first-order chi connectivity index (χ1) is 14.0. The van der Waals surface area contributed by atoms with Gasteiger partial charge in [-0.1, -0.05) is 27.7 Å². The van der Waals surface area contributed by atoms with E-state index in [4.69, 9.17) is 25.8 Å². The fourth-order valence-corrected chi connectivity index (χ4v) is 2.86. The van der Waals surface area contributed by atoms with E-state index >= 15 is 4.39 Å². The summed E-state index contributed by atoms with van der Waals surface area (Å²) in [5.74, 6) is -0.296. The Kier molecular flexibility index (Phi) is 7.44. The van der Waals surface area contributed by atoms with Crippen LogP contribution in [-0.4, -0.2) is 46.0 Å². The van der Waals surface area contributed by atoms with Crippen molar-refractivity contribution in [3.8, 4) is 11.3 Å². The summed E-state index contributed by atoms with van der Waals surface area (Å²) in [6.45, 7) is 5.84. The molecule has 164 valence electrons. The number of nitrogens with one attached hydrogen (secondary N) is 1. The maximum absolute atomic E-state index is 16.1. The van der Waals surface area contributed by atoms with E-state index in [2.05, 4.69) is 5.92 Å². The highest BCUT2D eigenvalue weighted by atomic mass is 35.5. The Morgan fingerprint density at radius 1 is 1.30 bits per heavy atom. The fraction of sp³-hybridized carbons (Fsp3) is 0.579. The van der Waals surface area contributed by atoms with Crippen LogP contribution < -0.4 is 11.2 Å². The molecule has 0 unspecified atom stereocenters. The minimum absolute atomic E-state index is 0.460. The molecule has 0 saturated carbocycles. The zero-order chi connectivity index (χ0) is 22.6. The van der Waals surface area contributed by atoms with Crippen molar-refractivity contribution in [2.75, 3.05) is 6.61 Å². The van der Waals surface area contributed by atoms with Gasteiger partial charge < -0.3 is 14.2 Å². The fourth-order valence-electron chi connectivity index (χ4n) is 2.71. The maximum Gasteiger partial charge on any atom is 0.330 e. The third-order valence-electron chi connectivity index (χ3n) is 4.33. The number of esters is 2. The standard InChI is InChI=1S/C19H22ClFN2O7/c1-10(2)15(25)28-9-12-14(30-16(26)11(3)4)19(21,6-7-20)17(29-12)23-8-5-13(24)22-18(23)27/h5,8,10-12,14,17H,9H2,1-4H3,(H,22,24,27)/t12-,14-,17-,19-/m1/s1. The number of hydrogen-bond donors (Lipinski definition) is 1. The van der Waals surface area contributed by atoms with Crippen molar-refractivity contribution in [1.82, 2.24) is 9.55 Å². The van der Waals surface area contributed by atoms with Crippen molar-refractivity contribution >= 4 is 23.5 Å². The van der Waals surface area contributed by atoms with Crippen LogP contribution in [0, 0.1) is 23.1 Å². The maximum atomic E-state index is 16.1. The highest BCUT2D eigenvalue weighted by Gasteiger charge is 2.61. The van der Waals surface area contributed by atoms with E-state index < -0.39 is 65.7 Å². The van der Waals surface area contributed by atoms with E-state index in [1.54, 1.807) is 27.7 Å². The molecule has 0 radical (unpaired) electrons. The lowest BCUT2D eigenvalue weighted by Gasteiger charge is -2.27. The van der Waals surface area contributed by atoms with Crippen LogP contribution in [0.4, 0.5) is 4.39 Å². The molecule has 1 N–H and O–H groups in total. The second-order valence-electron chi connectivity index (χ2n) is 7.33. The normalized spacial score (nSPS) is 25.7. The van der Waals surface area contributed by atoms with Gasteiger partial charge in [0.15, 0.2) is 12.3 Å². The molecule has 0 amide bonds. The molecule has 4 atom stereocenters. The number of rotatable bonds is 6. The molecule has 0 bridgehead atoms. The quantitative estimate of drug-likeness (QED) is 0.516. The third-order valence-corrected chi connectivity index (χ3v) is 4.43. The third kappa shape index (κ3) is 4.91. The topological polar surface area (TPSA) is 117 Å². The van der Waals surface area contributed by atoms with Crippen molar-refractivity contribution in [3.63, 3.8) is 0 Å². The Balaban J connectivity index is 2.50. The first kappa shape index (κ1) is 23.6. The zero-order valence-corrected chi connectivity index (χ0v) is 17.6. The number of carbonyl (C=O) groups is 2. The molecule has 1 saturated heterocycles. The van der Waals surface area contributed by atoms with E-state index in [0.29, 0.717) is 0 Å². The number of alkyl halides is 1. The van der Waals surface area contributed by atoms with Crippen LogP contribution in [0.15, 0.2) is 21.9 Å². The van der Waals surface area contributed by atoms with Crippen LogP contribution in [0.3, 0.4) is 0 Å². The number of H-pyrrole nitrogens is 1. The number of nitrogens with zero attached hydrogens (tertiary/aromatic N) is 1. The van der Waals surface area contributed by atoms with Gasteiger partial charge in [-0.2, -0.15) is 0 Å². The second kappa shape index (κ2) is 9.45. The monoisotopic (exact) mass is 444 g/mol. The SMILES string of the molecule is CC(C)C(=O)OC[C@H]1O[C@@H](n2ccc(=O)[nH]c2=O)[C@@](F)(C#CCl)[C@@H]1OC(=O)C(C)C. The highest BCUT2D eigenvalue weighted by molar-refractivity contribution is 6.30. The Bertz CT molecular complexity index is 977. The van der Waals surface area contributed by atoms with Crippen molar-refractivity contribution in [1.29, 1.82) is 0 Å². The van der Waals surface area contributed by atoms with Gasteiger partial charge in [0.25, 0.3) is 11.2 Å². The summed E-state index contributed by atoms with van der Waals surface area (Å²) in [6.07, 6.45) is -3.68. The summed E-state index contributed by atoms with van der Waals surface area (Å²) < 4.78 is 32.9. The van der Waals surface area contributed by atoms with Gasteiger partial charge in [-0.15, -0.1) is 0 Å². The van der Waals surface area contributed by atoms with Gasteiger partial charge in [0.2, 0.25) is 0 Å². The van der Waals surface area contributed by atoms with Crippen LogP contribution >= 0.6 is 11.6 Å². The van der Waals surface area contributed by atoms with Crippen LogP contribution in [0.25, 0.3) is 0 Å². The number of hydrogen-bond acceptors (Lipinski definition) is 7. The van der Waals surface area contributed by atoms with E-state index in [-0.39, 0.29) is 0 Å². The molecule has 1 aromatic heterocycles. The lowest BCUT2D eigenvalue weighted by molar-refractivity contribution is -0.164. The van der Waals surface area contributed by atoms with Crippen LogP contribution in [0.1, 0.15) is 33.9 Å². The van der Waals surface area contributed by atoms with E-state index in [1.165, 1.54) is 0 Å². The molecular weight excluding hydrogens is 423 g/mol. The summed E-state index contributed by atoms with van der Waals surface area (Å²) in [7, 11) is 0. The zero-order valence-electron chi connectivity index (χ0n) is 16.8. The predicted molar refractivity (Wildman–Crippen MR) is 103 cm³/mol. The average Bonchev–Trinajstić information content (AvgIpc) is 2.92. The highest BCUT2D eigenvalue weighted by Crippen LogP contribution is 2.43. The molecule has 30 heavy (non-hydrogen) atoms. The lowest BCUT2D eigenvalue weighted by Crippen LogP contribution is -2.47. The van der Waals surface area contributed by atoms with Crippen LogP contribution in [-0.2, 0) is 23.8 Å². The predicted octanol–water partition coefficient (Wildman–Crippen LogP) is 1.11. The van der Waals surface area contributed by atoms with E-state index in [0.717, 1.165) is 16.8 Å². The van der Waals surface area contributed by atoms with Gasteiger partial charge in [-0.3, -0.25) is 23.9 Å². The number of ether oxygens (including phenoxy) is 3. The van der Waals surface area contributed by atoms with Crippen molar-refractivity contribution in [3.05, 3.63) is 33.1 Å². The van der Waals surface area contributed by atoms with Crippen LogP contribution in [0.2, 0.25) is 0 Å². The Labute approximate surface area is 176 Å². The summed E-state index contributed by atoms with van der Waals surface area (Å²) in [5.41, 5.74) is -4.45. The summed E-state index contributed by atoms with van der Waals surface area (Å²) in [6, 6.07) is 0.987. The molecule has 1 aliphatic rings. The Morgan fingerprint density at radius 3 is 2.47 bits per heavy atom. The molecule has 1 fully saturated rings. The molecule has 1 aliphatic heterocycles. The molecule has 0 aromatic carbocycles. The van der Waals surface area contributed by atoms with Gasteiger partial charge in [0.1, 0.15) is 12.7 Å². The van der Waals surface area contributed by atoms with Gasteiger partial charge in [-0.05, 0) is 17.5 Å². The van der Waals surface area contributed by atoms with Gasteiger partial charge in [0.05, 0.1) is 11.8 Å². The average molecular weight is 445 g/mol. The first-order valence-corrected chi connectivity index (χ1v) is 9.54. The number of aromatic nitrogens is 2. The minimum atomic E-state index is -2.77. The number of aromatic amines is 1. The summed E-state index contributed by atoms with van der Waals surface area (Å²) in [5, 5.41) is 1.90. The van der Waals surface area contributed by atoms with Gasteiger partial charge >= 0.3 is 17.6 Å². The molecule has 2 rings (SSSR count). The minimum Gasteiger partial charge on any atom is -0.463 e. The van der Waals surface area contributed by atoms with Gasteiger partial charge in [-0.25, -0.2) is 9.18 Å². The van der Waals surface area contributed by atoms with Crippen molar-refractivity contribution in [2.24, 2.45) is 11.8 Å². The second-order valence-corrected chi connectivity index (χ2v) is 7.52. The molecule has 0 aliphatic carbocycles. The Morgan fingerprint density at radius 2 is 1.93 bits per heavy atom. The first-order valence-electron chi connectivity index (χ1n) is 9.17. The summed E-state index contributed by atoms with van der Waals surface area (Å²) in [4.78, 5) is 49.6. The Hall–Kier alpha value is -2.64. The van der Waals surface area contributed by atoms with E-state index in [9.17, 15) is 19.2 Å². The smallest absolute Gasteiger partial charge is 0.330 e. The van der Waals surface area contributed by atoms with Crippen LogP contribution in [0.5, 0.6) is 0 Å². The lowest BCUT2D eigenvalue weighted by atomic mass is 9.96. The molecule has 9 nitrogen and oxygen atoms in total. The largest absolute Gasteiger partial charge is 0.463 e. The van der Waals surface area contributed by atoms with Crippen molar-refractivity contribution < 1.29 is 28.2 Å². The number of carbonyl (C=O) groups excluding carboxylic acids is 2. The molecular formula is C19H22ClFN2O7. The molecule has 0 spiro atoms. The van der Waals surface area contributed by atoms with Gasteiger partial charge in [0, 0.05) is 17.6 Å².